The lowest BCUT2D eigenvalue weighted by atomic mass is 10.1. The Labute approximate surface area is 136 Å². The fraction of sp³-hybridized carbons (Fsp3) is 0.167. The molecule has 0 spiro atoms. The summed E-state index contributed by atoms with van der Waals surface area (Å²) in [6.45, 7) is 0. The van der Waals surface area contributed by atoms with Crippen molar-refractivity contribution in [3.8, 4) is 11.1 Å². The van der Waals surface area contributed by atoms with Crippen LogP contribution < -0.4 is 5.32 Å². The van der Waals surface area contributed by atoms with E-state index >= 15 is 0 Å². The Morgan fingerprint density at radius 3 is 2.21 bits per heavy atom. The van der Waals surface area contributed by atoms with Crippen molar-refractivity contribution in [3.05, 3.63) is 71.6 Å². The third-order valence-corrected chi connectivity index (χ3v) is 3.55. The number of alkyl halides is 3. The molecule has 1 aliphatic heterocycles. The maximum Gasteiger partial charge on any atom is 0.434 e. The number of nitrogens with one attached hydrogen (secondary N) is 1. The quantitative estimate of drug-likeness (QED) is 0.741. The zero-order valence-electron chi connectivity index (χ0n) is 12.5. The van der Waals surface area contributed by atoms with Crippen molar-refractivity contribution in [1.29, 1.82) is 0 Å². The highest BCUT2D eigenvalue weighted by atomic mass is 19.4. The number of aldehydes is 1. The maximum atomic E-state index is 11.7. The molecule has 1 atom stereocenters. The second-order valence-corrected chi connectivity index (χ2v) is 5.45. The Hall–Kier alpha value is -2.76. The Bertz CT molecular complexity index is 749. The first-order valence-electron chi connectivity index (χ1n) is 7.28. The summed E-state index contributed by atoms with van der Waals surface area (Å²) < 4.78 is 39.5. The van der Waals surface area contributed by atoms with Gasteiger partial charge >= 0.3 is 6.18 Å². The molecule has 3 nitrogen and oxygen atoms in total. The second-order valence-electron chi connectivity index (χ2n) is 5.45. The van der Waals surface area contributed by atoms with Gasteiger partial charge in [-0.3, -0.25) is 4.79 Å². The highest BCUT2D eigenvalue weighted by molar-refractivity contribution is 5.82. The van der Waals surface area contributed by atoms with Gasteiger partial charge in [0, 0.05) is 0 Å². The average Bonchev–Trinajstić information content (AvgIpc) is 2.98. The van der Waals surface area contributed by atoms with Gasteiger partial charge in [0.25, 0.3) is 0 Å². The fourth-order valence-corrected chi connectivity index (χ4v) is 2.33. The molecule has 0 amide bonds. The van der Waals surface area contributed by atoms with Crippen molar-refractivity contribution in [2.45, 2.75) is 18.8 Å². The smallest absolute Gasteiger partial charge is 0.434 e. The SMILES string of the molecule is O=CC1NC(C(F)(F)F)=CO1.c1ccc(Cc2cc3cc-3c2)cc1. The summed E-state index contributed by atoms with van der Waals surface area (Å²) in [4.78, 5) is 9.89. The highest BCUT2D eigenvalue weighted by Gasteiger charge is 2.38. The van der Waals surface area contributed by atoms with Crippen molar-refractivity contribution < 1.29 is 22.7 Å². The van der Waals surface area contributed by atoms with E-state index in [0.29, 0.717) is 6.26 Å². The lowest BCUT2D eigenvalue weighted by molar-refractivity contribution is -0.116. The van der Waals surface area contributed by atoms with Crippen LogP contribution >= 0.6 is 0 Å². The molecular formula is C18H14F3NO2. The molecule has 0 saturated heterocycles. The first kappa shape index (κ1) is 16.1. The van der Waals surface area contributed by atoms with Gasteiger partial charge in [-0.05, 0) is 34.7 Å². The number of hydrogen-bond donors (Lipinski definition) is 1. The highest BCUT2D eigenvalue weighted by Crippen LogP contribution is 2.36. The van der Waals surface area contributed by atoms with E-state index in [1.54, 1.807) is 0 Å². The van der Waals surface area contributed by atoms with Crippen LogP contribution in [0.2, 0.25) is 0 Å². The summed E-state index contributed by atoms with van der Waals surface area (Å²) in [5.41, 5.74) is 4.68. The third kappa shape index (κ3) is 3.95. The maximum absolute atomic E-state index is 11.7. The number of carbonyl (C=O) groups is 1. The van der Waals surface area contributed by atoms with Crippen LogP contribution in [-0.2, 0) is 16.0 Å². The Balaban J connectivity index is 0.000000144. The molecule has 0 saturated carbocycles. The van der Waals surface area contributed by atoms with Gasteiger partial charge in [0.2, 0.25) is 6.23 Å². The molecule has 2 aliphatic carbocycles. The first-order valence-corrected chi connectivity index (χ1v) is 7.28. The molecule has 6 heteroatoms. The van der Waals surface area contributed by atoms with Crippen LogP contribution in [0.4, 0.5) is 13.2 Å². The number of benzene rings is 2. The largest absolute Gasteiger partial charge is 0.469 e. The summed E-state index contributed by atoms with van der Waals surface area (Å²) in [7, 11) is 0. The molecule has 1 unspecified atom stereocenters. The molecule has 1 aromatic carbocycles. The van der Waals surface area contributed by atoms with Crippen molar-refractivity contribution in [1.82, 2.24) is 5.32 Å². The van der Waals surface area contributed by atoms with Crippen molar-refractivity contribution in [2.75, 3.05) is 0 Å². The topological polar surface area (TPSA) is 38.3 Å². The summed E-state index contributed by atoms with van der Waals surface area (Å²) >= 11 is 0. The number of allylic oxidation sites excluding steroid dienone is 1. The van der Waals surface area contributed by atoms with E-state index in [1.165, 1.54) is 22.3 Å². The van der Waals surface area contributed by atoms with E-state index < -0.39 is 18.1 Å². The summed E-state index contributed by atoms with van der Waals surface area (Å²) in [6, 6.07) is 17.4. The summed E-state index contributed by atoms with van der Waals surface area (Å²) in [5.74, 6) is 0. The van der Waals surface area contributed by atoms with Gasteiger partial charge in [-0.1, -0.05) is 42.5 Å². The standard InChI is InChI=1S/C13H10.C5H4F3NO2/c1-2-4-10(5-3-1)6-11-7-12-9-13(12)8-11;6-5(7,8)3-2-11-4(1-10)9-3/h1-5,7-9H,6H2;1-2,4,9H. The van der Waals surface area contributed by atoms with Crippen LogP contribution in [0, 0.1) is 0 Å². The number of ether oxygens (including phenoxy) is 1. The normalized spacial score (nSPS) is 17.0. The molecule has 0 radical (unpaired) electrons. The van der Waals surface area contributed by atoms with Crippen LogP contribution in [0.3, 0.4) is 0 Å². The lowest BCUT2D eigenvalue weighted by Crippen LogP contribution is -2.31. The van der Waals surface area contributed by atoms with Crippen molar-refractivity contribution >= 4 is 6.29 Å². The minimum atomic E-state index is -4.47. The molecule has 1 N–H and O–H groups in total. The van der Waals surface area contributed by atoms with E-state index in [2.05, 4.69) is 53.3 Å². The van der Waals surface area contributed by atoms with E-state index in [9.17, 15) is 18.0 Å². The number of halogens is 3. The molecule has 124 valence electrons. The van der Waals surface area contributed by atoms with Crippen LogP contribution in [-0.4, -0.2) is 18.7 Å². The van der Waals surface area contributed by atoms with E-state index in [0.717, 1.165) is 6.42 Å². The molecule has 0 fully saturated rings. The van der Waals surface area contributed by atoms with Crippen molar-refractivity contribution in [3.63, 3.8) is 0 Å². The molecule has 24 heavy (non-hydrogen) atoms. The monoisotopic (exact) mass is 333 g/mol. The van der Waals surface area contributed by atoms with Crippen molar-refractivity contribution in [2.24, 2.45) is 0 Å². The number of fused-ring (bicyclic) bond motifs is 1. The van der Waals surface area contributed by atoms with Crippen LogP contribution in [0.25, 0.3) is 11.1 Å². The molecular weight excluding hydrogens is 319 g/mol. The summed E-state index contributed by atoms with van der Waals surface area (Å²) in [6.07, 6.45) is -3.88. The summed E-state index contributed by atoms with van der Waals surface area (Å²) in [5, 5.41) is 1.83. The van der Waals surface area contributed by atoms with Gasteiger partial charge in [-0.15, -0.1) is 0 Å². The van der Waals surface area contributed by atoms with Crippen LogP contribution in [0.1, 0.15) is 11.1 Å². The molecule has 4 rings (SSSR count). The van der Waals surface area contributed by atoms with Gasteiger partial charge in [0.1, 0.15) is 6.26 Å². The fourth-order valence-electron chi connectivity index (χ4n) is 2.33. The Kier molecular flexibility index (Phi) is 4.29. The average molecular weight is 333 g/mol. The van der Waals surface area contributed by atoms with Gasteiger partial charge in [0.15, 0.2) is 12.0 Å². The Morgan fingerprint density at radius 2 is 1.71 bits per heavy atom. The van der Waals surface area contributed by atoms with Gasteiger partial charge in [0.05, 0.1) is 0 Å². The van der Waals surface area contributed by atoms with Gasteiger partial charge < -0.3 is 10.1 Å². The lowest BCUT2D eigenvalue weighted by Gasteiger charge is -2.07. The molecule has 1 heterocycles. The zero-order chi connectivity index (χ0) is 17.2. The van der Waals surface area contributed by atoms with Crippen LogP contribution in [0.5, 0.6) is 0 Å². The predicted octanol–water partition coefficient (Wildman–Crippen LogP) is 3.79. The van der Waals surface area contributed by atoms with Crippen LogP contribution in [0.15, 0.2) is 60.5 Å². The number of rotatable bonds is 3. The van der Waals surface area contributed by atoms with E-state index in [1.807, 2.05) is 5.32 Å². The molecule has 0 aromatic heterocycles. The van der Waals surface area contributed by atoms with E-state index in [4.69, 9.17) is 0 Å². The number of hydrogen-bond acceptors (Lipinski definition) is 3. The zero-order valence-corrected chi connectivity index (χ0v) is 12.5. The second kappa shape index (κ2) is 6.39. The Morgan fingerprint density at radius 1 is 1.04 bits per heavy atom. The van der Waals surface area contributed by atoms with Gasteiger partial charge in [-0.2, -0.15) is 13.2 Å². The predicted molar refractivity (Wildman–Crippen MR) is 82.9 cm³/mol. The molecule has 3 aliphatic rings. The first-order chi connectivity index (χ1) is 11.5. The molecule has 1 aromatic rings. The minimum Gasteiger partial charge on any atom is -0.469 e. The third-order valence-electron chi connectivity index (χ3n) is 3.55. The molecule has 0 bridgehead atoms. The van der Waals surface area contributed by atoms with Gasteiger partial charge in [-0.25, -0.2) is 0 Å². The van der Waals surface area contributed by atoms with E-state index in [-0.39, 0.29) is 6.29 Å². The number of carbonyl (C=O) groups excluding carboxylic acids is 1. The minimum absolute atomic E-state index is 0.245.